The lowest BCUT2D eigenvalue weighted by Gasteiger charge is -2.14. The Morgan fingerprint density at radius 2 is 1.57 bits per heavy atom. The van der Waals surface area contributed by atoms with Gasteiger partial charge in [0.15, 0.2) is 0 Å². The zero-order valence-electron chi connectivity index (χ0n) is 11.0. The number of rotatable bonds is 5. The van der Waals surface area contributed by atoms with E-state index in [1.54, 1.807) is 30.3 Å². The molecule has 2 N–H and O–H groups in total. The van der Waals surface area contributed by atoms with E-state index in [0.29, 0.717) is 38.8 Å². The molecule has 0 aliphatic carbocycles. The number of hydrogen-bond donors (Lipinski definition) is 1. The summed E-state index contributed by atoms with van der Waals surface area (Å²) >= 11 is 24.3. The summed E-state index contributed by atoms with van der Waals surface area (Å²) in [4.78, 5) is 0. The molecule has 2 rings (SSSR count). The second-order valence-corrected chi connectivity index (χ2v) is 6.13. The lowest BCUT2D eigenvalue weighted by Crippen LogP contribution is -2.06. The molecule has 0 atom stereocenters. The van der Waals surface area contributed by atoms with Gasteiger partial charge in [-0.1, -0.05) is 46.4 Å². The largest absolute Gasteiger partial charge is 0.487 e. The molecule has 0 amide bonds. The van der Waals surface area contributed by atoms with Gasteiger partial charge in [0.2, 0.25) is 0 Å². The SMILES string of the molecule is NCCc1cc(Cl)cc(Cl)c1OCc1cc(Cl)ccc1Cl. The van der Waals surface area contributed by atoms with Crippen LogP contribution >= 0.6 is 46.4 Å². The Hall–Kier alpha value is -0.640. The summed E-state index contributed by atoms with van der Waals surface area (Å²) in [6.45, 7) is 0.739. The van der Waals surface area contributed by atoms with E-state index in [9.17, 15) is 0 Å². The summed E-state index contributed by atoms with van der Waals surface area (Å²) < 4.78 is 5.81. The van der Waals surface area contributed by atoms with Gasteiger partial charge in [0.1, 0.15) is 12.4 Å². The molecule has 21 heavy (non-hydrogen) atoms. The minimum atomic E-state index is 0.262. The van der Waals surface area contributed by atoms with Crippen LogP contribution in [0.3, 0.4) is 0 Å². The molecule has 0 spiro atoms. The summed E-state index contributed by atoms with van der Waals surface area (Å²) in [6.07, 6.45) is 0.624. The predicted molar refractivity (Wildman–Crippen MR) is 90.0 cm³/mol. The van der Waals surface area contributed by atoms with Crippen molar-refractivity contribution in [1.82, 2.24) is 0 Å². The maximum atomic E-state index is 6.20. The molecule has 6 heteroatoms. The van der Waals surface area contributed by atoms with Crippen LogP contribution in [0, 0.1) is 0 Å². The van der Waals surface area contributed by atoms with E-state index in [0.717, 1.165) is 11.1 Å². The molecular weight excluding hydrogens is 352 g/mol. The zero-order chi connectivity index (χ0) is 15.4. The lowest BCUT2D eigenvalue weighted by molar-refractivity contribution is 0.303. The van der Waals surface area contributed by atoms with Crippen molar-refractivity contribution in [3.8, 4) is 5.75 Å². The van der Waals surface area contributed by atoms with Crippen LogP contribution in [0.4, 0.5) is 0 Å². The summed E-state index contributed by atoms with van der Waals surface area (Å²) in [5, 5.41) is 2.19. The number of benzene rings is 2. The van der Waals surface area contributed by atoms with Crippen LogP contribution in [0.1, 0.15) is 11.1 Å². The minimum absolute atomic E-state index is 0.262. The topological polar surface area (TPSA) is 35.2 Å². The van der Waals surface area contributed by atoms with Crippen molar-refractivity contribution in [3.05, 3.63) is 61.5 Å². The third kappa shape index (κ3) is 4.41. The first-order chi connectivity index (χ1) is 10.0. The van der Waals surface area contributed by atoms with Crippen molar-refractivity contribution in [2.45, 2.75) is 13.0 Å². The quantitative estimate of drug-likeness (QED) is 0.772. The van der Waals surface area contributed by atoms with Crippen molar-refractivity contribution in [1.29, 1.82) is 0 Å². The number of hydrogen-bond acceptors (Lipinski definition) is 2. The second-order valence-electron chi connectivity index (χ2n) is 4.44. The molecule has 0 aliphatic rings. The van der Waals surface area contributed by atoms with Gasteiger partial charge in [-0.2, -0.15) is 0 Å². The van der Waals surface area contributed by atoms with Crippen molar-refractivity contribution in [3.63, 3.8) is 0 Å². The third-order valence-corrected chi connectivity index (χ3v) is 3.98. The smallest absolute Gasteiger partial charge is 0.141 e. The van der Waals surface area contributed by atoms with Crippen LogP contribution in [0.25, 0.3) is 0 Å². The van der Waals surface area contributed by atoms with Gasteiger partial charge in [-0.25, -0.2) is 0 Å². The molecule has 2 nitrogen and oxygen atoms in total. The van der Waals surface area contributed by atoms with E-state index in [1.165, 1.54) is 0 Å². The van der Waals surface area contributed by atoms with Crippen molar-refractivity contribution in [2.75, 3.05) is 6.54 Å². The molecule has 0 heterocycles. The monoisotopic (exact) mass is 363 g/mol. The fourth-order valence-electron chi connectivity index (χ4n) is 1.92. The molecule has 0 saturated carbocycles. The molecular formula is C15H13Cl4NO. The van der Waals surface area contributed by atoms with E-state index < -0.39 is 0 Å². The van der Waals surface area contributed by atoms with Crippen LogP contribution in [0.2, 0.25) is 20.1 Å². The Morgan fingerprint density at radius 1 is 0.857 bits per heavy atom. The van der Waals surface area contributed by atoms with E-state index in [4.69, 9.17) is 56.9 Å². The van der Waals surface area contributed by atoms with Gasteiger partial charge >= 0.3 is 0 Å². The predicted octanol–water partition coefficient (Wildman–Crippen LogP) is 5.38. The van der Waals surface area contributed by atoms with Crippen molar-refractivity contribution in [2.24, 2.45) is 5.73 Å². The summed E-state index contributed by atoms with van der Waals surface area (Å²) in [5.41, 5.74) is 7.26. The standard InChI is InChI=1S/C15H13Cl4NO/c16-11-1-2-13(18)10(6-11)8-21-15-9(3-4-20)5-12(17)7-14(15)19/h1-2,5-7H,3-4,8,20H2. The second kappa shape index (κ2) is 7.57. The van der Waals surface area contributed by atoms with Crippen LogP contribution in [-0.2, 0) is 13.0 Å². The number of ether oxygens (including phenoxy) is 1. The maximum Gasteiger partial charge on any atom is 0.141 e. The highest BCUT2D eigenvalue weighted by Crippen LogP contribution is 2.34. The molecule has 0 saturated heterocycles. The van der Waals surface area contributed by atoms with Gasteiger partial charge in [0.05, 0.1) is 5.02 Å². The van der Waals surface area contributed by atoms with Crippen LogP contribution in [0.5, 0.6) is 5.75 Å². The van der Waals surface area contributed by atoms with Crippen molar-refractivity contribution >= 4 is 46.4 Å². The highest BCUT2D eigenvalue weighted by Gasteiger charge is 2.12. The number of nitrogens with two attached hydrogens (primary N) is 1. The Kier molecular flexibility index (Phi) is 6.03. The fourth-order valence-corrected chi connectivity index (χ4v) is 2.88. The van der Waals surface area contributed by atoms with Gasteiger partial charge in [0.25, 0.3) is 0 Å². The summed E-state index contributed by atoms with van der Waals surface area (Å²) in [7, 11) is 0. The first kappa shape index (κ1) is 16.7. The normalized spacial score (nSPS) is 10.7. The van der Waals surface area contributed by atoms with Gasteiger partial charge in [-0.15, -0.1) is 0 Å². The van der Waals surface area contributed by atoms with Crippen LogP contribution < -0.4 is 10.5 Å². The first-order valence-electron chi connectivity index (χ1n) is 6.26. The Labute approximate surface area is 143 Å². The maximum absolute atomic E-state index is 6.20. The van der Waals surface area contributed by atoms with Gasteiger partial charge in [-0.05, 0) is 48.9 Å². The average Bonchev–Trinajstić information content (AvgIpc) is 2.41. The van der Waals surface area contributed by atoms with Gasteiger partial charge in [0, 0.05) is 20.6 Å². The lowest BCUT2D eigenvalue weighted by atomic mass is 10.1. The van der Waals surface area contributed by atoms with E-state index in [-0.39, 0.29) is 6.61 Å². The Bertz CT molecular complexity index is 646. The molecule has 0 bridgehead atoms. The molecule has 2 aromatic rings. The van der Waals surface area contributed by atoms with E-state index in [2.05, 4.69) is 0 Å². The first-order valence-corrected chi connectivity index (χ1v) is 7.77. The van der Waals surface area contributed by atoms with E-state index in [1.807, 2.05) is 0 Å². The fraction of sp³-hybridized carbons (Fsp3) is 0.200. The highest BCUT2D eigenvalue weighted by atomic mass is 35.5. The number of halogens is 4. The molecule has 112 valence electrons. The summed E-state index contributed by atoms with van der Waals surface area (Å²) in [5.74, 6) is 0.572. The third-order valence-electron chi connectivity index (χ3n) is 2.88. The van der Waals surface area contributed by atoms with Gasteiger partial charge in [-0.3, -0.25) is 0 Å². The van der Waals surface area contributed by atoms with Gasteiger partial charge < -0.3 is 10.5 Å². The Balaban J connectivity index is 2.25. The Morgan fingerprint density at radius 3 is 2.29 bits per heavy atom. The van der Waals surface area contributed by atoms with Crippen LogP contribution in [0.15, 0.2) is 30.3 Å². The summed E-state index contributed by atoms with van der Waals surface area (Å²) in [6, 6.07) is 8.65. The molecule has 0 aliphatic heterocycles. The highest BCUT2D eigenvalue weighted by molar-refractivity contribution is 6.35. The average molecular weight is 365 g/mol. The van der Waals surface area contributed by atoms with E-state index >= 15 is 0 Å². The molecule has 2 aromatic carbocycles. The molecule has 0 aromatic heterocycles. The zero-order valence-corrected chi connectivity index (χ0v) is 14.0. The van der Waals surface area contributed by atoms with Crippen LogP contribution in [-0.4, -0.2) is 6.54 Å². The minimum Gasteiger partial charge on any atom is -0.487 e. The van der Waals surface area contributed by atoms with Crippen molar-refractivity contribution < 1.29 is 4.74 Å². The molecule has 0 fully saturated rings. The molecule has 0 radical (unpaired) electrons. The molecule has 0 unspecified atom stereocenters.